The zero-order chi connectivity index (χ0) is 20.3. The first-order chi connectivity index (χ1) is 14.0. The SMILES string of the molecule is O=S(=O)(Cc1ccccc1F)N1CCN(c2ccnc(N3CCOCC3)n2)CC1. The highest BCUT2D eigenvalue weighted by Gasteiger charge is 2.28. The van der Waals surface area contributed by atoms with Crippen LogP contribution in [-0.2, 0) is 20.5 Å². The lowest BCUT2D eigenvalue weighted by atomic mass is 10.2. The van der Waals surface area contributed by atoms with E-state index in [1.807, 2.05) is 6.07 Å². The minimum Gasteiger partial charge on any atom is -0.378 e. The van der Waals surface area contributed by atoms with Gasteiger partial charge in [-0.1, -0.05) is 18.2 Å². The number of nitrogens with zero attached hydrogens (tertiary/aromatic N) is 5. The summed E-state index contributed by atoms with van der Waals surface area (Å²) in [6.45, 7) is 4.56. The number of rotatable bonds is 5. The minimum absolute atomic E-state index is 0.195. The number of halogens is 1. The topological polar surface area (TPSA) is 78.9 Å². The molecule has 3 heterocycles. The Hall–Kier alpha value is -2.30. The molecule has 156 valence electrons. The average Bonchev–Trinajstić information content (AvgIpc) is 2.76. The van der Waals surface area contributed by atoms with E-state index in [0.29, 0.717) is 45.3 Å². The molecule has 0 unspecified atom stereocenters. The second-order valence-corrected chi connectivity index (χ2v) is 9.02. The lowest BCUT2D eigenvalue weighted by Gasteiger charge is -2.35. The standard InChI is InChI=1S/C19H24FN5O3S/c20-17-4-2-1-3-16(17)15-29(26,27)25-9-7-23(8-10-25)18-5-6-21-19(22-18)24-11-13-28-14-12-24/h1-6H,7-15H2. The highest BCUT2D eigenvalue weighted by Crippen LogP contribution is 2.20. The fourth-order valence-corrected chi connectivity index (χ4v) is 5.06. The van der Waals surface area contributed by atoms with Crippen molar-refractivity contribution < 1.29 is 17.5 Å². The van der Waals surface area contributed by atoms with Crippen molar-refractivity contribution in [2.75, 3.05) is 62.3 Å². The molecule has 0 radical (unpaired) electrons. The van der Waals surface area contributed by atoms with Crippen molar-refractivity contribution in [1.29, 1.82) is 0 Å². The molecule has 0 saturated carbocycles. The van der Waals surface area contributed by atoms with Crippen molar-refractivity contribution in [1.82, 2.24) is 14.3 Å². The van der Waals surface area contributed by atoms with Gasteiger partial charge in [0.2, 0.25) is 16.0 Å². The van der Waals surface area contributed by atoms with Crippen LogP contribution in [0.5, 0.6) is 0 Å². The molecule has 8 nitrogen and oxygen atoms in total. The molecular weight excluding hydrogens is 397 g/mol. The molecule has 0 bridgehead atoms. The molecule has 0 amide bonds. The first kappa shape index (κ1) is 20.0. The summed E-state index contributed by atoms with van der Waals surface area (Å²) in [5.74, 6) is 0.633. The number of sulfonamides is 1. The zero-order valence-corrected chi connectivity index (χ0v) is 16.9. The van der Waals surface area contributed by atoms with E-state index in [-0.39, 0.29) is 11.3 Å². The predicted octanol–water partition coefficient (Wildman–Crippen LogP) is 1.10. The fraction of sp³-hybridized carbons (Fsp3) is 0.474. The Labute approximate surface area is 170 Å². The van der Waals surface area contributed by atoms with E-state index >= 15 is 0 Å². The van der Waals surface area contributed by atoms with Crippen molar-refractivity contribution in [3.8, 4) is 0 Å². The molecule has 0 spiro atoms. The molecule has 29 heavy (non-hydrogen) atoms. The van der Waals surface area contributed by atoms with Crippen LogP contribution in [0.1, 0.15) is 5.56 Å². The molecular formula is C19H24FN5O3S. The van der Waals surface area contributed by atoms with Crippen LogP contribution in [0, 0.1) is 5.82 Å². The van der Waals surface area contributed by atoms with E-state index < -0.39 is 15.8 Å². The lowest BCUT2D eigenvalue weighted by Crippen LogP contribution is -2.49. The minimum atomic E-state index is -3.58. The summed E-state index contributed by atoms with van der Waals surface area (Å²) in [5.41, 5.74) is 0.195. The number of aromatic nitrogens is 2. The monoisotopic (exact) mass is 421 g/mol. The maximum Gasteiger partial charge on any atom is 0.227 e. The van der Waals surface area contributed by atoms with Crippen LogP contribution in [-0.4, -0.2) is 75.2 Å². The van der Waals surface area contributed by atoms with Gasteiger partial charge < -0.3 is 14.5 Å². The van der Waals surface area contributed by atoms with Crippen molar-refractivity contribution in [2.24, 2.45) is 0 Å². The van der Waals surface area contributed by atoms with Crippen molar-refractivity contribution >= 4 is 21.8 Å². The van der Waals surface area contributed by atoms with Crippen LogP contribution in [0.25, 0.3) is 0 Å². The summed E-state index contributed by atoms with van der Waals surface area (Å²) in [4.78, 5) is 13.2. The van der Waals surface area contributed by atoms with E-state index in [4.69, 9.17) is 4.74 Å². The fourth-order valence-electron chi connectivity index (χ4n) is 3.53. The molecule has 2 aromatic rings. The quantitative estimate of drug-likeness (QED) is 0.715. The van der Waals surface area contributed by atoms with Gasteiger partial charge in [-0.05, 0) is 12.1 Å². The van der Waals surface area contributed by atoms with Crippen molar-refractivity contribution in [2.45, 2.75) is 5.75 Å². The van der Waals surface area contributed by atoms with E-state index in [2.05, 4.69) is 19.8 Å². The number of anilines is 2. The summed E-state index contributed by atoms with van der Waals surface area (Å²) >= 11 is 0. The molecule has 2 fully saturated rings. The van der Waals surface area contributed by atoms with Gasteiger partial charge in [0.1, 0.15) is 11.6 Å². The van der Waals surface area contributed by atoms with Crippen LogP contribution < -0.4 is 9.80 Å². The summed E-state index contributed by atoms with van der Waals surface area (Å²) < 4.78 is 46.1. The third kappa shape index (κ3) is 4.65. The number of hydrogen-bond donors (Lipinski definition) is 0. The highest BCUT2D eigenvalue weighted by atomic mass is 32.2. The number of piperazine rings is 1. The van der Waals surface area contributed by atoms with Gasteiger partial charge in [0.25, 0.3) is 0 Å². The van der Waals surface area contributed by atoms with Gasteiger partial charge in [-0.15, -0.1) is 0 Å². The van der Waals surface area contributed by atoms with Crippen molar-refractivity contribution in [3.05, 3.63) is 47.9 Å². The predicted molar refractivity (Wildman–Crippen MR) is 108 cm³/mol. The van der Waals surface area contributed by atoms with Crippen LogP contribution >= 0.6 is 0 Å². The molecule has 10 heteroatoms. The highest BCUT2D eigenvalue weighted by molar-refractivity contribution is 7.88. The van der Waals surface area contributed by atoms with Gasteiger partial charge in [0.05, 0.1) is 19.0 Å². The molecule has 0 atom stereocenters. The first-order valence-corrected chi connectivity index (χ1v) is 11.3. The summed E-state index contributed by atoms with van der Waals surface area (Å²) in [6.07, 6.45) is 1.73. The van der Waals surface area contributed by atoms with Crippen LogP contribution in [0.3, 0.4) is 0 Å². The molecule has 0 N–H and O–H groups in total. The molecule has 4 rings (SSSR count). The van der Waals surface area contributed by atoms with E-state index in [1.165, 1.54) is 16.4 Å². The second-order valence-electron chi connectivity index (χ2n) is 7.05. The summed E-state index contributed by atoms with van der Waals surface area (Å²) in [7, 11) is -3.58. The Morgan fingerprint density at radius 1 is 0.966 bits per heavy atom. The van der Waals surface area contributed by atoms with E-state index in [0.717, 1.165) is 18.9 Å². The van der Waals surface area contributed by atoms with Gasteiger partial charge in [0.15, 0.2) is 0 Å². The second kappa shape index (κ2) is 8.60. The molecule has 2 aliphatic heterocycles. The Kier molecular flexibility index (Phi) is 5.93. The van der Waals surface area contributed by atoms with Gasteiger partial charge in [-0.25, -0.2) is 17.8 Å². The Balaban J connectivity index is 1.40. The maximum absolute atomic E-state index is 13.8. The molecule has 2 aliphatic rings. The zero-order valence-electron chi connectivity index (χ0n) is 16.1. The third-order valence-corrected chi connectivity index (χ3v) is 7.00. The Morgan fingerprint density at radius 3 is 2.41 bits per heavy atom. The number of ether oxygens (including phenoxy) is 1. The third-order valence-electron chi connectivity index (χ3n) is 5.17. The van der Waals surface area contributed by atoms with Gasteiger partial charge in [-0.3, -0.25) is 0 Å². The normalized spacial score (nSPS) is 18.8. The number of benzene rings is 1. The van der Waals surface area contributed by atoms with Gasteiger partial charge in [-0.2, -0.15) is 9.29 Å². The smallest absolute Gasteiger partial charge is 0.227 e. The van der Waals surface area contributed by atoms with Crippen LogP contribution in [0.15, 0.2) is 36.5 Å². The maximum atomic E-state index is 13.8. The van der Waals surface area contributed by atoms with Crippen LogP contribution in [0.2, 0.25) is 0 Å². The van der Waals surface area contributed by atoms with Crippen molar-refractivity contribution in [3.63, 3.8) is 0 Å². The molecule has 2 saturated heterocycles. The molecule has 1 aromatic heterocycles. The summed E-state index contributed by atoms with van der Waals surface area (Å²) in [5, 5.41) is 0. The molecule has 1 aromatic carbocycles. The van der Waals surface area contributed by atoms with E-state index in [1.54, 1.807) is 18.3 Å². The van der Waals surface area contributed by atoms with Gasteiger partial charge in [0, 0.05) is 51.0 Å². The Morgan fingerprint density at radius 2 is 1.69 bits per heavy atom. The summed E-state index contributed by atoms with van der Waals surface area (Å²) in [6, 6.07) is 7.83. The van der Waals surface area contributed by atoms with Crippen LogP contribution in [0.4, 0.5) is 16.2 Å². The lowest BCUT2D eigenvalue weighted by molar-refractivity contribution is 0.122. The number of morpholine rings is 1. The number of hydrogen-bond acceptors (Lipinski definition) is 7. The Bertz CT molecular complexity index is 944. The average molecular weight is 421 g/mol. The molecule has 0 aliphatic carbocycles. The van der Waals surface area contributed by atoms with Gasteiger partial charge >= 0.3 is 0 Å². The first-order valence-electron chi connectivity index (χ1n) is 9.65. The van der Waals surface area contributed by atoms with E-state index in [9.17, 15) is 12.8 Å². The largest absolute Gasteiger partial charge is 0.378 e.